The lowest BCUT2D eigenvalue weighted by atomic mass is 10.2. The van der Waals surface area contributed by atoms with Crippen LogP contribution in [0.15, 0.2) is 36.5 Å². The maximum absolute atomic E-state index is 13.0. The molecule has 0 atom stereocenters. The third-order valence-corrected chi connectivity index (χ3v) is 2.82. The van der Waals surface area contributed by atoms with Crippen LogP contribution in [-0.2, 0) is 27.4 Å². The Hall–Kier alpha value is -3.03. The van der Waals surface area contributed by atoms with Crippen molar-refractivity contribution in [2.45, 2.75) is 13.1 Å². The molecular formula is C15H15FN4O3. The Labute approximate surface area is 131 Å². The highest BCUT2D eigenvalue weighted by molar-refractivity contribution is 5.91. The number of halogens is 1. The third kappa shape index (κ3) is 5.34. The largest absolute Gasteiger partial charge is 0.468 e. The highest BCUT2D eigenvalue weighted by atomic mass is 19.1. The summed E-state index contributed by atoms with van der Waals surface area (Å²) in [4.78, 5) is 22.8. The summed E-state index contributed by atoms with van der Waals surface area (Å²) in [6.45, 7) is 0.115. The number of rotatable bonds is 6. The molecule has 0 aliphatic carbocycles. The molecule has 0 unspecified atom stereocenters. The highest BCUT2D eigenvalue weighted by Gasteiger charge is 2.06. The van der Waals surface area contributed by atoms with E-state index in [0.717, 1.165) is 0 Å². The molecule has 1 heterocycles. The molecule has 0 radical (unpaired) electrons. The summed E-state index contributed by atoms with van der Waals surface area (Å²) >= 11 is 0. The van der Waals surface area contributed by atoms with Crippen LogP contribution in [0.5, 0.6) is 0 Å². The van der Waals surface area contributed by atoms with Crippen molar-refractivity contribution in [1.82, 2.24) is 20.3 Å². The molecule has 1 N–H and O–H groups in total. The molecule has 8 heteroatoms. The summed E-state index contributed by atoms with van der Waals surface area (Å²) in [6, 6.07) is 5.90. The topological polar surface area (TPSA) is 86.1 Å². The smallest absolute Gasteiger partial charge is 0.327 e. The Bertz CT molecular complexity index is 727. The van der Waals surface area contributed by atoms with Crippen molar-refractivity contribution in [2.24, 2.45) is 0 Å². The van der Waals surface area contributed by atoms with Crippen LogP contribution in [0.1, 0.15) is 11.3 Å². The van der Waals surface area contributed by atoms with E-state index in [2.05, 4.69) is 20.4 Å². The number of aromatic nitrogens is 3. The first-order valence-corrected chi connectivity index (χ1v) is 6.74. The fraction of sp³-hybridized carbons (Fsp3) is 0.200. The summed E-state index contributed by atoms with van der Waals surface area (Å²) in [5.41, 5.74) is 1.09. The van der Waals surface area contributed by atoms with Crippen molar-refractivity contribution in [3.63, 3.8) is 0 Å². The Morgan fingerprint density at radius 3 is 3.00 bits per heavy atom. The maximum atomic E-state index is 13.0. The van der Waals surface area contributed by atoms with Gasteiger partial charge in [-0.15, -0.1) is 5.10 Å². The Kier molecular flexibility index (Phi) is 5.56. The van der Waals surface area contributed by atoms with Gasteiger partial charge in [0, 0.05) is 6.08 Å². The number of amides is 1. The van der Waals surface area contributed by atoms with Gasteiger partial charge in [0.1, 0.15) is 18.1 Å². The SMILES string of the molecule is COC(=O)Cn1cc(CNC(=O)/C=C/c2cccc(F)c2)nn1. The van der Waals surface area contributed by atoms with Crippen molar-refractivity contribution in [1.29, 1.82) is 0 Å². The average molecular weight is 318 g/mol. The first-order valence-electron chi connectivity index (χ1n) is 6.74. The number of carbonyl (C=O) groups excluding carboxylic acids is 2. The molecule has 2 rings (SSSR count). The van der Waals surface area contributed by atoms with Crippen molar-refractivity contribution in [3.05, 3.63) is 53.6 Å². The summed E-state index contributed by atoms with van der Waals surface area (Å²) in [5, 5.41) is 10.2. The van der Waals surface area contributed by atoms with Crippen LogP contribution in [-0.4, -0.2) is 34.0 Å². The standard InChI is InChI=1S/C15H15FN4O3/c1-23-15(22)10-20-9-13(18-19-20)8-17-14(21)6-5-11-3-2-4-12(16)7-11/h2-7,9H,8,10H2,1H3,(H,17,21)/b6-5+. The van der Waals surface area contributed by atoms with Crippen LogP contribution in [0.4, 0.5) is 4.39 Å². The van der Waals surface area contributed by atoms with Gasteiger partial charge in [0.05, 0.1) is 19.9 Å². The zero-order valence-corrected chi connectivity index (χ0v) is 12.4. The molecule has 0 aliphatic heterocycles. The van der Waals surface area contributed by atoms with Crippen LogP contribution < -0.4 is 5.32 Å². The van der Waals surface area contributed by atoms with Gasteiger partial charge in [-0.1, -0.05) is 17.3 Å². The highest BCUT2D eigenvalue weighted by Crippen LogP contribution is 2.05. The second kappa shape index (κ2) is 7.83. The van der Waals surface area contributed by atoms with Gasteiger partial charge in [-0.3, -0.25) is 9.59 Å². The molecule has 0 fully saturated rings. The zero-order chi connectivity index (χ0) is 16.7. The molecular weight excluding hydrogens is 303 g/mol. The first kappa shape index (κ1) is 16.3. The number of hydrogen-bond acceptors (Lipinski definition) is 5. The minimum Gasteiger partial charge on any atom is -0.468 e. The Morgan fingerprint density at radius 1 is 1.43 bits per heavy atom. The fourth-order valence-electron chi connectivity index (χ4n) is 1.71. The second-order valence-corrected chi connectivity index (χ2v) is 4.59. The van der Waals surface area contributed by atoms with E-state index < -0.39 is 5.97 Å². The van der Waals surface area contributed by atoms with E-state index in [1.807, 2.05) is 0 Å². The molecule has 0 saturated heterocycles. The van der Waals surface area contributed by atoms with Crippen molar-refractivity contribution in [3.8, 4) is 0 Å². The van der Waals surface area contributed by atoms with Crippen molar-refractivity contribution < 1.29 is 18.7 Å². The summed E-state index contributed by atoms with van der Waals surface area (Å²) in [6.07, 6.45) is 4.34. The van der Waals surface area contributed by atoms with Crippen molar-refractivity contribution in [2.75, 3.05) is 7.11 Å². The molecule has 7 nitrogen and oxygen atoms in total. The van der Waals surface area contributed by atoms with E-state index in [9.17, 15) is 14.0 Å². The molecule has 0 saturated carbocycles. The number of methoxy groups -OCH3 is 1. The fourth-order valence-corrected chi connectivity index (χ4v) is 1.71. The van der Waals surface area contributed by atoms with Crippen LogP contribution in [0.2, 0.25) is 0 Å². The first-order chi connectivity index (χ1) is 11.1. The van der Waals surface area contributed by atoms with E-state index in [1.165, 1.54) is 42.3 Å². The Balaban J connectivity index is 1.83. The number of nitrogens with one attached hydrogen (secondary N) is 1. The minimum atomic E-state index is -0.441. The number of nitrogens with zero attached hydrogens (tertiary/aromatic N) is 3. The summed E-state index contributed by atoms with van der Waals surface area (Å²) in [7, 11) is 1.28. The molecule has 120 valence electrons. The lowest BCUT2D eigenvalue weighted by molar-refractivity contribution is -0.141. The molecule has 0 bridgehead atoms. The third-order valence-electron chi connectivity index (χ3n) is 2.82. The molecule has 23 heavy (non-hydrogen) atoms. The van der Waals surface area contributed by atoms with Crippen LogP contribution in [0.3, 0.4) is 0 Å². The van der Waals surface area contributed by atoms with Gasteiger partial charge in [0.2, 0.25) is 5.91 Å². The van der Waals surface area contributed by atoms with Crippen molar-refractivity contribution >= 4 is 18.0 Å². The van der Waals surface area contributed by atoms with Crippen LogP contribution in [0.25, 0.3) is 6.08 Å². The predicted octanol–water partition coefficient (Wildman–Crippen LogP) is 0.920. The van der Waals surface area contributed by atoms with E-state index in [-0.39, 0.29) is 24.8 Å². The minimum absolute atomic E-state index is 0.0447. The van der Waals surface area contributed by atoms with E-state index >= 15 is 0 Å². The number of carbonyl (C=O) groups is 2. The Morgan fingerprint density at radius 2 is 2.26 bits per heavy atom. The number of benzene rings is 1. The molecule has 2 aromatic rings. The maximum Gasteiger partial charge on any atom is 0.327 e. The second-order valence-electron chi connectivity index (χ2n) is 4.59. The van der Waals surface area contributed by atoms with Gasteiger partial charge in [-0.25, -0.2) is 9.07 Å². The number of ether oxygens (including phenoxy) is 1. The zero-order valence-electron chi connectivity index (χ0n) is 12.4. The average Bonchev–Trinajstić information content (AvgIpc) is 2.98. The lowest BCUT2D eigenvalue weighted by Crippen LogP contribution is -2.20. The number of hydrogen-bond donors (Lipinski definition) is 1. The van der Waals surface area contributed by atoms with Gasteiger partial charge in [-0.2, -0.15) is 0 Å². The summed E-state index contributed by atoms with van der Waals surface area (Å²) in [5.74, 6) is -1.16. The quantitative estimate of drug-likeness (QED) is 0.632. The monoisotopic (exact) mass is 318 g/mol. The molecule has 0 spiro atoms. The van der Waals surface area contributed by atoms with Crippen LogP contribution >= 0.6 is 0 Å². The van der Waals surface area contributed by atoms with Crippen LogP contribution in [0, 0.1) is 5.82 Å². The van der Waals surface area contributed by atoms with Gasteiger partial charge >= 0.3 is 5.97 Å². The van der Waals surface area contributed by atoms with Gasteiger partial charge in [0.15, 0.2) is 0 Å². The molecule has 1 aromatic carbocycles. The normalized spacial score (nSPS) is 10.7. The number of esters is 1. The van der Waals surface area contributed by atoms with E-state index in [4.69, 9.17) is 0 Å². The molecule has 0 aliphatic rings. The lowest BCUT2D eigenvalue weighted by Gasteiger charge is -1.99. The molecule has 1 amide bonds. The summed E-state index contributed by atoms with van der Waals surface area (Å²) < 4.78 is 18.8. The van der Waals surface area contributed by atoms with Gasteiger partial charge in [0.25, 0.3) is 0 Å². The molecule has 1 aromatic heterocycles. The van der Waals surface area contributed by atoms with E-state index in [1.54, 1.807) is 12.1 Å². The van der Waals surface area contributed by atoms with E-state index in [0.29, 0.717) is 11.3 Å². The predicted molar refractivity (Wildman–Crippen MR) is 79.3 cm³/mol. The van der Waals surface area contributed by atoms with Gasteiger partial charge < -0.3 is 10.1 Å². The van der Waals surface area contributed by atoms with Gasteiger partial charge in [-0.05, 0) is 23.8 Å².